The predicted molar refractivity (Wildman–Crippen MR) is 227 cm³/mol. The summed E-state index contributed by atoms with van der Waals surface area (Å²) in [5, 5.41) is 25.1. The summed E-state index contributed by atoms with van der Waals surface area (Å²) in [4.78, 5) is 0. The molecule has 11 aliphatic rings. The first-order chi connectivity index (χ1) is 29.9. The van der Waals surface area contributed by atoms with Gasteiger partial charge in [-0.15, -0.1) is 0 Å². The Morgan fingerprint density at radius 2 is 1.00 bits per heavy atom. The number of nitrogens with zero attached hydrogens (tertiary/aromatic N) is 2. The van der Waals surface area contributed by atoms with Gasteiger partial charge in [0.25, 0.3) is 0 Å². The summed E-state index contributed by atoms with van der Waals surface area (Å²) in [5.74, 6) is 10.5. The van der Waals surface area contributed by atoms with E-state index < -0.39 is 0 Å². The van der Waals surface area contributed by atoms with E-state index in [1.165, 1.54) is 40.3 Å². The zero-order chi connectivity index (χ0) is 41.3. The number of fused-ring (bicyclic) bond motifs is 37. The smallest absolute Gasteiger partial charge is 0.130 e. The van der Waals surface area contributed by atoms with Gasteiger partial charge in [-0.05, 0) is 155 Å². The summed E-state index contributed by atoms with van der Waals surface area (Å²) in [6.07, 6.45) is 5.99. The molecular formula is C53H58N2O6. The van der Waals surface area contributed by atoms with Crippen molar-refractivity contribution in [1.29, 1.82) is 10.5 Å². The molecule has 0 aliphatic heterocycles. The first kappa shape index (κ1) is 36.8. The van der Waals surface area contributed by atoms with E-state index in [0.717, 1.165) is 68.0 Å². The fourth-order valence-electron chi connectivity index (χ4n) is 22.6. The normalized spacial score (nSPS) is 49.2. The molecule has 8 nitrogen and oxygen atoms in total. The van der Waals surface area contributed by atoms with Crippen LogP contribution in [0.15, 0.2) is 47.5 Å². The van der Waals surface area contributed by atoms with Crippen molar-refractivity contribution in [3.05, 3.63) is 58.7 Å². The van der Waals surface area contributed by atoms with Crippen LogP contribution in [0, 0.1) is 127 Å². The lowest BCUT2D eigenvalue weighted by Gasteiger charge is -2.89. The topological polar surface area (TPSA) is 103 Å². The van der Waals surface area contributed by atoms with Gasteiger partial charge in [-0.3, -0.25) is 0 Å². The number of rotatable bonds is 10. The monoisotopic (exact) mass is 818 g/mol. The molecule has 0 heterocycles. The van der Waals surface area contributed by atoms with E-state index in [1.54, 1.807) is 0 Å². The Labute approximate surface area is 359 Å². The molecule has 3 aromatic carbocycles. The van der Waals surface area contributed by atoms with Crippen LogP contribution in [-0.4, -0.2) is 69.1 Å². The molecule has 3 aromatic rings. The summed E-state index contributed by atoms with van der Waals surface area (Å²) in [5.41, 5.74) is 4.59. The second kappa shape index (κ2) is 11.7. The van der Waals surface area contributed by atoms with Crippen LogP contribution in [0.25, 0.3) is 21.5 Å². The number of allylic oxidation sites excluding steroid dienone is 2. The van der Waals surface area contributed by atoms with Crippen LogP contribution in [0.2, 0.25) is 0 Å². The third-order valence-corrected chi connectivity index (χ3v) is 22.3. The quantitative estimate of drug-likeness (QED) is 0.0867. The Morgan fingerprint density at radius 3 is 1.41 bits per heavy atom. The minimum Gasteiger partial charge on any atom is -0.496 e. The van der Waals surface area contributed by atoms with Crippen molar-refractivity contribution in [1.82, 2.24) is 0 Å². The van der Waals surface area contributed by atoms with Crippen LogP contribution in [0.1, 0.15) is 55.1 Å². The summed E-state index contributed by atoms with van der Waals surface area (Å²) in [6, 6.07) is 18.1. The maximum Gasteiger partial charge on any atom is 0.130 e. The third kappa shape index (κ3) is 3.37. The number of hydrogen-bond acceptors (Lipinski definition) is 8. The molecule has 0 aromatic heterocycles. The zero-order valence-electron chi connectivity index (χ0n) is 36.4. The Kier molecular flexibility index (Phi) is 7.07. The van der Waals surface area contributed by atoms with Gasteiger partial charge in [0.05, 0.1) is 40.6 Å². The Balaban J connectivity index is 0.946. The number of nitriles is 2. The molecule has 0 N–H and O–H groups in total. The van der Waals surface area contributed by atoms with Crippen molar-refractivity contribution in [3.63, 3.8) is 0 Å². The molecule has 20 atom stereocenters. The molecular weight excluding hydrogens is 761 g/mol. The molecule has 0 saturated heterocycles. The van der Waals surface area contributed by atoms with Crippen molar-refractivity contribution < 1.29 is 28.4 Å². The second-order valence-electron chi connectivity index (χ2n) is 22.1. The highest BCUT2D eigenvalue weighted by Gasteiger charge is 3.00. The highest BCUT2D eigenvalue weighted by molar-refractivity contribution is 6.05. The summed E-state index contributed by atoms with van der Waals surface area (Å²) in [7, 11) is 11.6. The van der Waals surface area contributed by atoms with Gasteiger partial charge in [-0.2, -0.15) is 10.5 Å². The highest BCUT2D eigenvalue weighted by Crippen LogP contribution is 3.01. The molecule has 0 amide bonds. The number of methoxy groups -OCH3 is 6. The van der Waals surface area contributed by atoms with Gasteiger partial charge in [0.1, 0.15) is 29.2 Å². The highest BCUT2D eigenvalue weighted by atomic mass is 16.5. The van der Waals surface area contributed by atoms with Crippen LogP contribution < -0.4 is 9.47 Å². The Hall–Kier alpha value is -3.66. The fraction of sp³-hybridized carbons (Fsp3) is 0.660. The first-order valence-corrected chi connectivity index (χ1v) is 23.5. The standard InChI is InChI=1S/C53H58N2O6/c1-56-20-50-35-17-36(47-46(35)52(22-58-3)44-31-15-32(45(44)53(47,52)23-59-4)39-28-12-11-27(38(31)39)37(28)26(18-54)19-55)51(50,21-57-2)43-34-16-33(42(43)50)40-41(34)49(61-6)30-14-25-10-8-7-9-24(25)13-29(30)48(40)60-5/h7-10,13-14,27-28,31-36,38-39,42-47H,11-12,15-17,20-23H2,1-6H3/t27-,28+,31-,32+,33-,34+,35-,36+,38+,39-,42-,43+,44-,45+,46+,47-,50-,51+,52-,53+. The lowest BCUT2D eigenvalue weighted by atomic mass is 9.14. The Bertz CT molecular complexity index is 2440. The lowest BCUT2D eigenvalue weighted by molar-refractivity contribution is -0.455. The summed E-state index contributed by atoms with van der Waals surface area (Å²) < 4.78 is 39.5. The van der Waals surface area contributed by atoms with E-state index in [-0.39, 0.29) is 21.7 Å². The molecule has 61 heavy (non-hydrogen) atoms. The van der Waals surface area contributed by atoms with E-state index in [2.05, 4.69) is 48.5 Å². The predicted octanol–water partition coefficient (Wildman–Crippen LogP) is 8.78. The van der Waals surface area contributed by atoms with Crippen molar-refractivity contribution in [2.45, 2.75) is 43.9 Å². The van der Waals surface area contributed by atoms with Gasteiger partial charge in [0.15, 0.2) is 0 Å². The maximum atomic E-state index is 10.2. The zero-order valence-corrected chi connectivity index (χ0v) is 36.4. The second-order valence-corrected chi connectivity index (χ2v) is 22.1. The molecule has 8 bridgehead atoms. The van der Waals surface area contributed by atoms with Crippen molar-refractivity contribution in [3.8, 4) is 23.6 Å². The number of ether oxygens (including phenoxy) is 6. The van der Waals surface area contributed by atoms with Crippen LogP contribution in [0.4, 0.5) is 0 Å². The molecule has 0 spiro atoms. The molecule has 14 rings (SSSR count). The molecule has 316 valence electrons. The van der Waals surface area contributed by atoms with E-state index in [1.807, 2.05) is 42.7 Å². The van der Waals surface area contributed by atoms with Gasteiger partial charge in [0, 0.05) is 72.0 Å². The molecule has 0 unspecified atom stereocenters. The molecule has 10 fully saturated rings. The number of hydrogen-bond donors (Lipinski definition) is 0. The maximum absolute atomic E-state index is 10.2. The summed E-state index contributed by atoms with van der Waals surface area (Å²) >= 11 is 0. The average Bonchev–Trinajstić information content (AvgIpc) is 4.16. The first-order valence-electron chi connectivity index (χ1n) is 23.5. The van der Waals surface area contributed by atoms with E-state index in [4.69, 9.17) is 28.4 Å². The largest absolute Gasteiger partial charge is 0.496 e. The summed E-state index contributed by atoms with van der Waals surface area (Å²) in [6.45, 7) is 3.14. The van der Waals surface area contributed by atoms with Crippen LogP contribution in [0.3, 0.4) is 0 Å². The third-order valence-electron chi connectivity index (χ3n) is 22.3. The SMILES string of the molecule is COC[C@@]12[C@H]3[C@H]4C[C@H]([C@H]5[C@@H]4[C@H]4CC[C@@H]5C4=C(C#N)C#N)[C@H]3[C@]1(COC)[C@@H]1[C@H]2[C@@H]2C[C@H]1[C@]1(COC)[C@H]3[C@H]([C@H]4C[C@@H]3c3c4c(OC)c4cc5ccccc5cc4c3OC)[C@]21COC. The van der Waals surface area contributed by atoms with E-state index >= 15 is 0 Å². The molecule has 0 radical (unpaired) electrons. The van der Waals surface area contributed by atoms with E-state index in [0.29, 0.717) is 100 Å². The lowest BCUT2D eigenvalue weighted by Crippen LogP contribution is -2.90. The van der Waals surface area contributed by atoms with Crippen molar-refractivity contribution in [2.75, 3.05) is 69.1 Å². The average molecular weight is 819 g/mol. The van der Waals surface area contributed by atoms with Crippen molar-refractivity contribution >= 4 is 21.5 Å². The minimum absolute atomic E-state index is 0.00993. The molecule has 11 aliphatic carbocycles. The van der Waals surface area contributed by atoms with Crippen LogP contribution in [-0.2, 0) is 18.9 Å². The van der Waals surface area contributed by atoms with Crippen LogP contribution in [0.5, 0.6) is 11.5 Å². The Morgan fingerprint density at radius 1 is 0.557 bits per heavy atom. The van der Waals surface area contributed by atoms with E-state index in [9.17, 15) is 10.5 Å². The molecule has 8 heteroatoms. The van der Waals surface area contributed by atoms with Gasteiger partial charge < -0.3 is 28.4 Å². The molecule has 10 saturated carbocycles. The van der Waals surface area contributed by atoms with Crippen LogP contribution >= 0.6 is 0 Å². The fourth-order valence-corrected chi connectivity index (χ4v) is 22.6. The van der Waals surface area contributed by atoms with Gasteiger partial charge in [-0.1, -0.05) is 24.3 Å². The number of benzene rings is 3. The van der Waals surface area contributed by atoms with Gasteiger partial charge >= 0.3 is 0 Å². The minimum atomic E-state index is -0.00993. The van der Waals surface area contributed by atoms with Gasteiger partial charge in [-0.25, -0.2) is 0 Å². The van der Waals surface area contributed by atoms with Gasteiger partial charge in [0.2, 0.25) is 0 Å². The van der Waals surface area contributed by atoms with Crippen molar-refractivity contribution in [2.24, 2.45) is 105 Å².